The summed E-state index contributed by atoms with van der Waals surface area (Å²) in [5.41, 5.74) is 0.923. The molecular weight excluding hydrogens is 368 g/mol. The highest BCUT2D eigenvalue weighted by molar-refractivity contribution is 7.89. The maximum absolute atomic E-state index is 11.6. The molecule has 0 bridgehead atoms. The van der Waals surface area contributed by atoms with Gasteiger partial charge in [0.05, 0.1) is 5.56 Å². The van der Waals surface area contributed by atoms with Crippen molar-refractivity contribution in [2.24, 2.45) is 5.14 Å². The van der Waals surface area contributed by atoms with Crippen LogP contribution in [0.15, 0.2) is 33.6 Å². The van der Waals surface area contributed by atoms with Crippen LogP contribution in [-0.4, -0.2) is 18.5 Å². The van der Waals surface area contributed by atoms with E-state index in [-0.39, 0.29) is 22.7 Å². The number of aromatic nitrogens is 1. The Morgan fingerprint density at radius 1 is 1.44 bits per heavy atom. The number of phenols is 1. The van der Waals surface area contributed by atoms with Crippen molar-refractivity contribution in [2.75, 3.05) is 5.32 Å². The van der Waals surface area contributed by atoms with Gasteiger partial charge >= 0.3 is 0 Å². The Morgan fingerprint density at radius 2 is 2.16 bits per heavy atom. The number of nitrogens with two attached hydrogens (primary N) is 1. The molecule has 0 radical (unpaired) electrons. The third-order valence-corrected chi connectivity index (χ3v) is 4.92. The van der Waals surface area contributed by atoms with E-state index in [1.165, 1.54) is 0 Å². The number of halogens is 1. The molecule has 0 saturated carbocycles. The number of rotatable bonds is 3. The average Bonchev–Trinajstić information content (AvgIpc) is 2.93. The van der Waals surface area contributed by atoms with Gasteiger partial charge in [0, 0.05) is 16.8 Å². The summed E-state index contributed by atoms with van der Waals surface area (Å²) in [4.78, 5) is 3.33. The third kappa shape index (κ3) is 2.98. The maximum atomic E-state index is 11.6. The number of sulfonamides is 1. The van der Waals surface area contributed by atoms with Crippen molar-refractivity contribution in [3.8, 4) is 11.8 Å². The van der Waals surface area contributed by atoms with Crippen LogP contribution >= 0.6 is 11.6 Å². The number of benzene rings is 2. The summed E-state index contributed by atoms with van der Waals surface area (Å²) in [6.07, 6.45) is 0. The van der Waals surface area contributed by atoms with E-state index < -0.39 is 20.7 Å². The molecule has 0 unspecified atom stereocenters. The first-order valence-corrected chi connectivity index (χ1v) is 8.76. The summed E-state index contributed by atoms with van der Waals surface area (Å²) >= 11 is 6.05. The van der Waals surface area contributed by atoms with Crippen LogP contribution in [-0.2, 0) is 10.0 Å². The molecule has 0 fully saturated rings. The fourth-order valence-corrected chi connectivity index (χ4v) is 3.27. The molecule has 1 aromatic heterocycles. The van der Waals surface area contributed by atoms with Crippen molar-refractivity contribution in [1.82, 2.24) is 4.98 Å². The minimum absolute atomic E-state index is 0.00822. The molecule has 0 aliphatic carbocycles. The van der Waals surface area contributed by atoms with Crippen molar-refractivity contribution in [3.63, 3.8) is 0 Å². The van der Waals surface area contributed by atoms with E-state index in [0.29, 0.717) is 10.7 Å². The number of fused-ring (bicyclic) bond motifs is 1. The summed E-state index contributed by atoms with van der Waals surface area (Å²) in [7, 11) is -4.32. The molecule has 0 saturated heterocycles. The lowest BCUT2D eigenvalue weighted by molar-refractivity contribution is 0.463. The second-order valence-electron chi connectivity index (χ2n) is 5.16. The Balaban J connectivity index is 2.17. The van der Waals surface area contributed by atoms with Gasteiger partial charge in [0.1, 0.15) is 11.0 Å². The van der Waals surface area contributed by atoms with E-state index in [9.17, 15) is 13.5 Å². The van der Waals surface area contributed by atoms with Gasteiger partial charge in [-0.15, -0.1) is 0 Å². The van der Waals surface area contributed by atoms with E-state index in [2.05, 4.69) is 10.3 Å². The molecule has 8 nitrogen and oxygen atoms in total. The molecule has 0 amide bonds. The van der Waals surface area contributed by atoms with Gasteiger partial charge in [-0.05, 0) is 24.6 Å². The fourth-order valence-electron chi connectivity index (χ4n) is 2.31. The number of hydrogen-bond donors (Lipinski definition) is 3. The minimum Gasteiger partial charge on any atom is -0.504 e. The molecule has 0 atom stereocenters. The van der Waals surface area contributed by atoms with E-state index in [4.69, 9.17) is 26.4 Å². The number of nitrogens with zero attached hydrogens (tertiary/aromatic N) is 2. The van der Waals surface area contributed by atoms with Gasteiger partial charge in [0.25, 0.3) is 6.01 Å². The van der Waals surface area contributed by atoms with Crippen LogP contribution in [0.1, 0.15) is 11.1 Å². The molecule has 0 aliphatic heterocycles. The average molecular weight is 379 g/mol. The van der Waals surface area contributed by atoms with Crippen LogP contribution in [0.25, 0.3) is 11.1 Å². The molecule has 0 spiro atoms. The molecule has 3 aromatic rings. The first kappa shape index (κ1) is 17.0. The Kier molecular flexibility index (Phi) is 4.04. The third-order valence-electron chi connectivity index (χ3n) is 3.53. The normalized spacial score (nSPS) is 11.4. The minimum atomic E-state index is -4.32. The zero-order chi connectivity index (χ0) is 18.4. The second-order valence-corrected chi connectivity index (χ2v) is 7.07. The van der Waals surface area contributed by atoms with Crippen LogP contribution in [0.5, 0.6) is 5.75 Å². The molecule has 3 rings (SSSR count). The first-order chi connectivity index (χ1) is 11.7. The highest BCUT2D eigenvalue weighted by Crippen LogP contribution is 2.36. The zero-order valence-electron chi connectivity index (χ0n) is 12.7. The highest BCUT2D eigenvalue weighted by Gasteiger charge is 2.25. The lowest BCUT2D eigenvalue weighted by atomic mass is 10.2. The summed E-state index contributed by atoms with van der Waals surface area (Å²) in [6.45, 7) is 1.79. The monoisotopic (exact) mass is 378 g/mol. The number of anilines is 2. The van der Waals surface area contributed by atoms with E-state index >= 15 is 0 Å². The largest absolute Gasteiger partial charge is 0.504 e. The Labute approximate surface area is 147 Å². The number of aromatic hydroxyl groups is 1. The van der Waals surface area contributed by atoms with Gasteiger partial charge in [-0.25, -0.2) is 13.6 Å². The number of phenolic OH excluding ortho intramolecular Hbond substituents is 1. The summed E-state index contributed by atoms with van der Waals surface area (Å²) in [5, 5.41) is 27.8. The van der Waals surface area contributed by atoms with Crippen LogP contribution < -0.4 is 10.5 Å². The van der Waals surface area contributed by atoms with Crippen molar-refractivity contribution in [2.45, 2.75) is 11.8 Å². The zero-order valence-corrected chi connectivity index (χ0v) is 14.3. The smallest absolute Gasteiger partial charge is 0.300 e. The standard InChI is InChI=1S/C15H11ClN4O4S/c1-7-9(16)3-2-4-10(7)19-15-20-12-11(24-15)5-8(6-17)14(13(12)21)25(18,22)23/h2-5,21H,1H3,(H,19,20)(H2,18,22,23). The van der Waals surface area contributed by atoms with Crippen LogP contribution in [0.4, 0.5) is 11.7 Å². The van der Waals surface area contributed by atoms with Gasteiger partial charge in [-0.1, -0.05) is 17.7 Å². The van der Waals surface area contributed by atoms with Gasteiger partial charge in [0.2, 0.25) is 10.0 Å². The van der Waals surface area contributed by atoms with Crippen LogP contribution in [0.2, 0.25) is 5.02 Å². The summed E-state index contributed by atoms with van der Waals surface area (Å²) in [6, 6.07) is 8.00. The number of nitriles is 1. The molecule has 1 heterocycles. The van der Waals surface area contributed by atoms with Gasteiger partial charge in [-0.2, -0.15) is 10.2 Å². The highest BCUT2D eigenvalue weighted by atomic mass is 35.5. The van der Waals surface area contributed by atoms with E-state index in [0.717, 1.165) is 11.6 Å². The maximum Gasteiger partial charge on any atom is 0.300 e. The number of hydrogen-bond acceptors (Lipinski definition) is 7. The summed E-state index contributed by atoms with van der Waals surface area (Å²) in [5.74, 6) is -0.740. The lowest BCUT2D eigenvalue weighted by Gasteiger charge is -2.06. The Hall–Kier alpha value is -2.80. The van der Waals surface area contributed by atoms with Crippen LogP contribution in [0, 0.1) is 18.3 Å². The SMILES string of the molecule is Cc1c(Cl)cccc1Nc1nc2c(O)c(S(N)(=O)=O)c(C#N)cc2o1. The predicted octanol–water partition coefficient (Wildman–Crippen LogP) is 2.76. The Bertz CT molecular complexity index is 1150. The first-order valence-electron chi connectivity index (χ1n) is 6.84. The van der Waals surface area contributed by atoms with E-state index in [1.807, 2.05) is 0 Å². The lowest BCUT2D eigenvalue weighted by Crippen LogP contribution is -2.14. The topological polar surface area (TPSA) is 142 Å². The number of nitrogens with one attached hydrogen (secondary N) is 1. The Morgan fingerprint density at radius 3 is 2.80 bits per heavy atom. The van der Waals surface area contributed by atoms with Gasteiger partial charge in [0.15, 0.2) is 16.8 Å². The molecule has 4 N–H and O–H groups in total. The molecular formula is C15H11ClN4O4S. The number of primary sulfonamides is 1. The van der Waals surface area contributed by atoms with Crippen molar-refractivity contribution in [1.29, 1.82) is 5.26 Å². The predicted molar refractivity (Wildman–Crippen MR) is 91.2 cm³/mol. The molecule has 2 aromatic carbocycles. The number of oxazole rings is 1. The summed E-state index contributed by atoms with van der Waals surface area (Å²) < 4.78 is 28.7. The van der Waals surface area contributed by atoms with Gasteiger partial charge in [-0.3, -0.25) is 0 Å². The fraction of sp³-hybridized carbons (Fsp3) is 0.0667. The van der Waals surface area contributed by atoms with Crippen molar-refractivity contribution >= 4 is 44.4 Å². The quantitative estimate of drug-likeness (QED) is 0.635. The molecule has 25 heavy (non-hydrogen) atoms. The molecule has 10 heteroatoms. The second kappa shape index (κ2) is 5.93. The van der Waals surface area contributed by atoms with Crippen molar-refractivity contribution < 1.29 is 17.9 Å². The van der Waals surface area contributed by atoms with E-state index in [1.54, 1.807) is 31.2 Å². The van der Waals surface area contributed by atoms with Crippen molar-refractivity contribution in [3.05, 3.63) is 40.4 Å². The molecule has 0 aliphatic rings. The van der Waals surface area contributed by atoms with Gasteiger partial charge < -0.3 is 14.8 Å². The molecule has 128 valence electrons. The van der Waals surface area contributed by atoms with Crippen LogP contribution in [0.3, 0.4) is 0 Å².